The number of nitrogens with zero attached hydrogens (tertiary/aromatic N) is 2. The van der Waals surface area contributed by atoms with Crippen LogP contribution < -0.4 is 5.73 Å². The first kappa shape index (κ1) is 12.3. The van der Waals surface area contributed by atoms with Crippen LogP contribution in [-0.4, -0.2) is 48.4 Å². The highest BCUT2D eigenvalue weighted by Crippen LogP contribution is 2.23. The van der Waals surface area contributed by atoms with Gasteiger partial charge in [0.25, 0.3) is 0 Å². The van der Waals surface area contributed by atoms with Crippen molar-refractivity contribution in [1.29, 1.82) is 0 Å². The van der Waals surface area contributed by atoms with Gasteiger partial charge >= 0.3 is 0 Å². The lowest BCUT2D eigenvalue weighted by Gasteiger charge is -2.17. The van der Waals surface area contributed by atoms with Gasteiger partial charge in [0.2, 0.25) is 0 Å². The largest absolute Gasteiger partial charge is 0.377 e. The van der Waals surface area contributed by atoms with Gasteiger partial charge in [-0.3, -0.25) is 5.10 Å². The van der Waals surface area contributed by atoms with Gasteiger partial charge in [0.1, 0.15) is 0 Å². The average molecular weight is 236 g/mol. The molecule has 2 heterocycles. The second-order valence-electron chi connectivity index (χ2n) is 4.35. The summed E-state index contributed by atoms with van der Waals surface area (Å²) >= 11 is 0. The summed E-state index contributed by atoms with van der Waals surface area (Å²) in [6.07, 6.45) is 4.98. The molecular weight excluding hydrogens is 216 g/mol. The van der Waals surface area contributed by atoms with Crippen LogP contribution in [0.4, 0.5) is 0 Å². The van der Waals surface area contributed by atoms with Gasteiger partial charge in [-0.25, -0.2) is 0 Å². The molecule has 0 unspecified atom stereocenters. The zero-order valence-corrected chi connectivity index (χ0v) is 10.3. The third kappa shape index (κ3) is 3.15. The highest BCUT2D eigenvalue weighted by molar-refractivity contribution is 5.65. The smallest absolute Gasteiger partial charge is 0.0654 e. The van der Waals surface area contributed by atoms with E-state index in [0.717, 1.165) is 31.8 Å². The summed E-state index contributed by atoms with van der Waals surface area (Å²) < 4.78 is 5.32. The SMILES string of the molecule is CN(CCN)Cc1cn[nH]c1C1=CCOCC1. The fourth-order valence-electron chi connectivity index (χ4n) is 2.05. The third-order valence-corrected chi connectivity index (χ3v) is 2.95. The molecule has 0 saturated heterocycles. The minimum Gasteiger partial charge on any atom is -0.377 e. The summed E-state index contributed by atoms with van der Waals surface area (Å²) in [5, 5.41) is 7.24. The van der Waals surface area contributed by atoms with Crippen molar-refractivity contribution in [3.05, 3.63) is 23.5 Å². The van der Waals surface area contributed by atoms with E-state index in [4.69, 9.17) is 10.5 Å². The zero-order chi connectivity index (χ0) is 12.1. The first-order valence-electron chi connectivity index (χ1n) is 5.99. The van der Waals surface area contributed by atoms with Gasteiger partial charge in [0.05, 0.1) is 25.1 Å². The number of likely N-dealkylation sites (N-methyl/N-ethyl adjacent to an activating group) is 1. The van der Waals surface area contributed by atoms with Crippen LogP contribution >= 0.6 is 0 Å². The molecule has 0 amide bonds. The number of hydrogen-bond donors (Lipinski definition) is 2. The van der Waals surface area contributed by atoms with Crippen LogP contribution in [0.2, 0.25) is 0 Å². The highest BCUT2D eigenvalue weighted by Gasteiger charge is 2.13. The first-order valence-corrected chi connectivity index (χ1v) is 5.99. The molecule has 1 aliphatic rings. The normalized spacial score (nSPS) is 16.3. The molecule has 1 aromatic rings. The lowest BCUT2D eigenvalue weighted by molar-refractivity contribution is 0.161. The van der Waals surface area contributed by atoms with Gasteiger partial charge in [-0.15, -0.1) is 0 Å². The molecule has 1 aliphatic heterocycles. The summed E-state index contributed by atoms with van der Waals surface area (Å²) in [7, 11) is 2.07. The van der Waals surface area contributed by atoms with Crippen molar-refractivity contribution in [1.82, 2.24) is 15.1 Å². The lowest BCUT2D eigenvalue weighted by Crippen LogP contribution is -2.25. The van der Waals surface area contributed by atoms with E-state index in [-0.39, 0.29) is 0 Å². The van der Waals surface area contributed by atoms with E-state index in [1.807, 2.05) is 6.20 Å². The number of ether oxygens (including phenoxy) is 1. The maximum atomic E-state index is 5.55. The Morgan fingerprint density at radius 3 is 3.18 bits per heavy atom. The zero-order valence-electron chi connectivity index (χ0n) is 10.3. The van der Waals surface area contributed by atoms with E-state index < -0.39 is 0 Å². The van der Waals surface area contributed by atoms with Crippen molar-refractivity contribution >= 4 is 5.57 Å². The first-order chi connectivity index (χ1) is 8.31. The fourth-order valence-corrected chi connectivity index (χ4v) is 2.05. The van der Waals surface area contributed by atoms with Crippen molar-refractivity contribution in [3.63, 3.8) is 0 Å². The molecule has 0 aliphatic carbocycles. The molecule has 0 radical (unpaired) electrons. The van der Waals surface area contributed by atoms with E-state index in [1.165, 1.54) is 11.1 Å². The average Bonchev–Trinajstić information content (AvgIpc) is 2.78. The van der Waals surface area contributed by atoms with Crippen molar-refractivity contribution in [2.45, 2.75) is 13.0 Å². The summed E-state index contributed by atoms with van der Waals surface area (Å²) in [6.45, 7) is 3.95. The molecule has 94 valence electrons. The highest BCUT2D eigenvalue weighted by atomic mass is 16.5. The maximum absolute atomic E-state index is 5.55. The Morgan fingerprint density at radius 2 is 2.47 bits per heavy atom. The number of H-pyrrole nitrogens is 1. The molecular formula is C12H20N4O. The second-order valence-corrected chi connectivity index (χ2v) is 4.35. The van der Waals surface area contributed by atoms with Crippen LogP contribution in [0.25, 0.3) is 5.57 Å². The Labute approximate surface area is 102 Å². The van der Waals surface area contributed by atoms with E-state index in [2.05, 4.69) is 28.2 Å². The van der Waals surface area contributed by atoms with E-state index in [9.17, 15) is 0 Å². The minimum absolute atomic E-state index is 0.681. The topological polar surface area (TPSA) is 67.2 Å². The van der Waals surface area contributed by atoms with Crippen LogP contribution in [0.3, 0.4) is 0 Å². The molecule has 5 nitrogen and oxygen atoms in total. The molecule has 5 heteroatoms. The quantitative estimate of drug-likeness (QED) is 0.786. The fraction of sp³-hybridized carbons (Fsp3) is 0.583. The van der Waals surface area contributed by atoms with E-state index >= 15 is 0 Å². The molecule has 0 bridgehead atoms. The molecule has 0 aromatic carbocycles. The lowest BCUT2D eigenvalue weighted by atomic mass is 10.0. The number of nitrogens with one attached hydrogen (secondary N) is 1. The summed E-state index contributed by atoms with van der Waals surface area (Å²) in [4.78, 5) is 2.20. The van der Waals surface area contributed by atoms with E-state index in [0.29, 0.717) is 13.2 Å². The van der Waals surface area contributed by atoms with Crippen LogP contribution in [0.15, 0.2) is 12.3 Å². The molecule has 0 fully saturated rings. The Kier molecular flexibility index (Phi) is 4.30. The van der Waals surface area contributed by atoms with Gasteiger partial charge in [-0.1, -0.05) is 6.08 Å². The van der Waals surface area contributed by atoms with Crippen LogP contribution in [-0.2, 0) is 11.3 Å². The van der Waals surface area contributed by atoms with Gasteiger partial charge in [-0.05, 0) is 19.0 Å². The molecule has 17 heavy (non-hydrogen) atoms. The van der Waals surface area contributed by atoms with Crippen LogP contribution in [0.1, 0.15) is 17.7 Å². The molecule has 2 rings (SSSR count). The van der Waals surface area contributed by atoms with Crippen molar-refractivity contribution in [2.24, 2.45) is 5.73 Å². The number of aromatic amines is 1. The molecule has 1 aromatic heterocycles. The number of aromatic nitrogens is 2. The number of hydrogen-bond acceptors (Lipinski definition) is 4. The Hall–Kier alpha value is -1.17. The Balaban J connectivity index is 2.08. The summed E-state index contributed by atoms with van der Waals surface area (Å²) in [5.74, 6) is 0. The Bertz CT molecular complexity index is 386. The molecule has 0 spiro atoms. The second kappa shape index (κ2) is 5.95. The van der Waals surface area contributed by atoms with E-state index in [1.54, 1.807) is 0 Å². The standard InChI is InChI=1S/C12H20N4O/c1-16(5-4-13)9-11-8-14-15-12(11)10-2-6-17-7-3-10/h2,8H,3-7,9,13H2,1H3,(H,14,15). The third-order valence-electron chi connectivity index (χ3n) is 2.95. The van der Waals surface area contributed by atoms with Crippen LogP contribution in [0.5, 0.6) is 0 Å². The summed E-state index contributed by atoms with van der Waals surface area (Å²) in [5.41, 5.74) is 9.24. The van der Waals surface area contributed by atoms with Gasteiger partial charge in [0, 0.05) is 25.2 Å². The van der Waals surface area contributed by atoms with Crippen LogP contribution in [0, 0.1) is 0 Å². The van der Waals surface area contributed by atoms with Gasteiger partial charge < -0.3 is 15.4 Å². The summed E-state index contributed by atoms with van der Waals surface area (Å²) in [6, 6.07) is 0. The van der Waals surface area contributed by atoms with Crippen molar-refractivity contribution in [2.75, 3.05) is 33.4 Å². The molecule has 3 N–H and O–H groups in total. The Morgan fingerprint density at radius 1 is 1.59 bits per heavy atom. The maximum Gasteiger partial charge on any atom is 0.0654 e. The number of rotatable bonds is 5. The van der Waals surface area contributed by atoms with Gasteiger partial charge in [-0.2, -0.15) is 5.10 Å². The minimum atomic E-state index is 0.681. The van der Waals surface area contributed by atoms with Gasteiger partial charge in [0.15, 0.2) is 0 Å². The monoisotopic (exact) mass is 236 g/mol. The number of nitrogens with two attached hydrogens (primary N) is 1. The van der Waals surface area contributed by atoms with Crippen molar-refractivity contribution < 1.29 is 4.74 Å². The molecule has 0 saturated carbocycles. The molecule has 0 atom stereocenters. The van der Waals surface area contributed by atoms with Crippen molar-refractivity contribution in [3.8, 4) is 0 Å². The predicted octanol–water partition coefficient (Wildman–Crippen LogP) is 0.604. The predicted molar refractivity (Wildman–Crippen MR) is 67.4 cm³/mol.